The van der Waals surface area contributed by atoms with Crippen LogP contribution < -0.4 is 10.6 Å². The number of rotatable bonds is 7. The lowest BCUT2D eigenvalue weighted by Gasteiger charge is -2.39. The van der Waals surface area contributed by atoms with Crippen LogP contribution in [0, 0.1) is 0 Å². The van der Waals surface area contributed by atoms with Crippen LogP contribution in [0.5, 0.6) is 0 Å². The molecule has 2 aliphatic rings. The van der Waals surface area contributed by atoms with E-state index in [9.17, 15) is 0 Å². The predicted molar refractivity (Wildman–Crippen MR) is 135 cm³/mol. The fourth-order valence-corrected chi connectivity index (χ4v) is 5.21. The molecule has 0 atom stereocenters. The average molecular weight is 439 g/mol. The van der Waals surface area contributed by atoms with Crippen LogP contribution in [-0.4, -0.2) is 60.6 Å². The second-order valence-corrected chi connectivity index (χ2v) is 9.28. The van der Waals surface area contributed by atoms with Gasteiger partial charge in [0.05, 0.1) is 11.4 Å². The van der Waals surface area contributed by atoms with Gasteiger partial charge in [-0.15, -0.1) is 0 Å². The molecule has 0 N–H and O–H groups in total. The van der Waals surface area contributed by atoms with Crippen LogP contribution in [0.4, 0.5) is 0 Å². The standard InChI is InChI=1S/C29H34N4/c1-31(29(24-10-4-2-5-11-24)25-12-6-3-7-13-25)20-21-32-18-16-27(17-19-32)33-22-26-14-8-9-15-28(26)30-23-33/h2-15,22,27,29H,16-21,23H2,1H3. The van der Waals surface area contributed by atoms with Crippen LogP contribution in [0.25, 0.3) is 6.20 Å². The Hall–Kier alpha value is -2.95. The maximum absolute atomic E-state index is 4.78. The van der Waals surface area contributed by atoms with Crippen molar-refractivity contribution in [1.29, 1.82) is 0 Å². The first-order valence-electron chi connectivity index (χ1n) is 12.2. The summed E-state index contributed by atoms with van der Waals surface area (Å²) < 4.78 is 0. The van der Waals surface area contributed by atoms with Gasteiger partial charge in [0.15, 0.2) is 0 Å². The molecule has 0 radical (unpaired) electrons. The van der Waals surface area contributed by atoms with Crippen LogP contribution in [0.15, 0.2) is 89.9 Å². The van der Waals surface area contributed by atoms with Gasteiger partial charge in [0, 0.05) is 43.6 Å². The first-order valence-corrected chi connectivity index (χ1v) is 12.2. The van der Waals surface area contributed by atoms with Gasteiger partial charge in [0.25, 0.3) is 0 Å². The summed E-state index contributed by atoms with van der Waals surface area (Å²) in [5.74, 6) is 0. The summed E-state index contributed by atoms with van der Waals surface area (Å²) in [6.07, 6.45) is 4.73. The highest BCUT2D eigenvalue weighted by molar-refractivity contribution is 5.31. The average Bonchev–Trinajstić information content (AvgIpc) is 2.89. The van der Waals surface area contributed by atoms with E-state index >= 15 is 0 Å². The third-order valence-corrected chi connectivity index (χ3v) is 7.11. The molecular weight excluding hydrogens is 404 g/mol. The highest BCUT2D eigenvalue weighted by atomic mass is 15.2. The molecule has 0 aliphatic carbocycles. The molecule has 0 saturated carbocycles. The van der Waals surface area contributed by atoms with E-state index in [1.165, 1.54) is 29.2 Å². The Kier molecular flexibility index (Phi) is 6.84. The van der Waals surface area contributed by atoms with E-state index in [1.807, 2.05) is 0 Å². The Balaban J connectivity index is 1.18. The van der Waals surface area contributed by atoms with E-state index in [0.717, 1.165) is 38.2 Å². The minimum absolute atomic E-state index is 0.287. The first kappa shape index (κ1) is 21.9. The van der Waals surface area contributed by atoms with E-state index in [2.05, 4.69) is 113 Å². The molecule has 0 spiro atoms. The van der Waals surface area contributed by atoms with Crippen molar-refractivity contribution in [1.82, 2.24) is 14.7 Å². The summed E-state index contributed by atoms with van der Waals surface area (Å²) in [6.45, 7) is 5.27. The Morgan fingerprint density at radius 3 is 2.12 bits per heavy atom. The molecule has 3 aromatic rings. The van der Waals surface area contributed by atoms with Crippen LogP contribution in [0.2, 0.25) is 0 Å². The van der Waals surface area contributed by atoms with Gasteiger partial charge in [-0.2, -0.15) is 0 Å². The largest absolute Gasteiger partial charge is 0.355 e. The summed E-state index contributed by atoms with van der Waals surface area (Å²) in [5, 5.41) is 2.38. The van der Waals surface area contributed by atoms with Crippen molar-refractivity contribution in [2.45, 2.75) is 24.9 Å². The summed E-state index contributed by atoms with van der Waals surface area (Å²) in [6, 6.07) is 31.1. The Labute approximate surface area is 197 Å². The molecule has 1 saturated heterocycles. The number of para-hydroxylation sites is 1. The van der Waals surface area contributed by atoms with Gasteiger partial charge in [-0.3, -0.25) is 9.89 Å². The number of hydrogen-bond donors (Lipinski definition) is 0. The highest BCUT2D eigenvalue weighted by Gasteiger charge is 2.25. The van der Waals surface area contributed by atoms with Crippen molar-refractivity contribution in [2.24, 2.45) is 4.99 Å². The van der Waals surface area contributed by atoms with E-state index in [0.29, 0.717) is 6.04 Å². The number of likely N-dealkylation sites (tertiary alicyclic amines) is 1. The molecule has 4 heteroatoms. The van der Waals surface area contributed by atoms with Crippen molar-refractivity contribution in [3.8, 4) is 0 Å². The van der Waals surface area contributed by atoms with Crippen LogP contribution in [-0.2, 0) is 0 Å². The molecule has 0 amide bonds. The first-order chi connectivity index (χ1) is 16.3. The summed E-state index contributed by atoms with van der Waals surface area (Å²) in [5.41, 5.74) is 2.71. The van der Waals surface area contributed by atoms with Gasteiger partial charge in [-0.1, -0.05) is 78.9 Å². The molecule has 33 heavy (non-hydrogen) atoms. The van der Waals surface area contributed by atoms with E-state index in [-0.39, 0.29) is 6.04 Å². The topological polar surface area (TPSA) is 22.1 Å². The quantitative estimate of drug-likeness (QED) is 0.564. The molecule has 5 rings (SSSR count). The Morgan fingerprint density at radius 2 is 1.45 bits per heavy atom. The van der Waals surface area contributed by atoms with Gasteiger partial charge in [0.2, 0.25) is 0 Å². The smallest absolute Gasteiger partial charge is 0.110 e. The SMILES string of the molecule is CN(CCN1CCC(N2C=c3ccccc3=NC2)CC1)C(c1ccccc1)c1ccccc1. The lowest BCUT2D eigenvalue weighted by molar-refractivity contribution is 0.134. The third-order valence-electron chi connectivity index (χ3n) is 7.11. The van der Waals surface area contributed by atoms with Crippen LogP contribution >= 0.6 is 0 Å². The molecule has 2 heterocycles. The zero-order valence-corrected chi connectivity index (χ0v) is 19.6. The maximum atomic E-state index is 4.78. The number of fused-ring (bicyclic) bond motifs is 1. The number of piperidine rings is 1. The molecule has 170 valence electrons. The van der Waals surface area contributed by atoms with Crippen LogP contribution in [0.3, 0.4) is 0 Å². The second-order valence-electron chi connectivity index (χ2n) is 9.28. The van der Waals surface area contributed by atoms with Gasteiger partial charge in [-0.25, -0.2) is 0 Å². The van der Waals surface area contributed by atoms with Gasteiger partial charge in [0.1, 0.15) is 6.67 Å². The second kappa shape index (κ2) is 10.3. The predicted octanol–water partition coefficient (Wildman–Crippen LogP) is 3.50. The van der Waals surface area contributed by atoms with Crippen molar-refractivity contribution in [3.05, 3.63) is 107 Å². The zero-order chi connectivity index (χ0) is 22.5. The maximum Gasteiger partial charge on any atom is 0.110 e. The lowest BCUT2D eigenvalue weighted by Crippen LogP contribution is -2.47. The Bertz CT molecular complexity index is 1100. The molecule has 2 aliphatic heterocycles. The minimum Gasteiger partial charge on any atom is -0.355 e. The van der Waals surface area contributed by atoms with Crippen molar-refractivity contribution < 1.29 is 0 Å². The number of hydrogen-bond acceptors (Lipinski definition) is 4. The fraction of sp³-hybridized carbons (Fsp3) is 0.345. The van der Waals surface area contributed by atoms with Gasteiger partial charge in [-0.05, 0) is 37.1 Å². The monoisotopic (exact) mass is 438 g/mol. The molecule has 0 unspecified atom stereocenters. The van der Waals surface area contributed by atoms with E-state index in [4.69, 9.17) is 4.99 Å². The van der Waals surface area contributed by atoms with Gasteiger partial charge >= 0.3 is 0 Å². The van der Waals surface area contributed by atoms with E-state index in [1.54, 1.807) is 0 Å². The third kappa shape index (κ3) is 5.18. The molecule has 4 nitrogen and oxygen atoms in total. The van der Waals surface area contributed by atoms with Crippen LogP contribution in [0.1, 0.15) is 30.0 Å². The molecular formula is C29H34N4. The summed E-state index contributed by atoms with van der Waals surface area (Å²) in [4.78, 5) is 12.4. The van der Waals surface area contributed by atoms with Crippen molar-refractivity contribution in [3.63, 3.8) is 0 Å². The van der Waals surface area contributed by atoms with Crippen molar-refractivity contribution >= 4 is 6.20 Å². The number of benzene rings is 3. The minimum atomic E-state index is 0.287. The number of nitrogens with zero attached hydrogens (tertiary/aromatic N) is 4. The molecule has 1 fully saturated rings. The van der Waals surface area contributed by atoms with Crippen molar-refractivity contribution in [2.75, 3.05) is 39.9 Å². The normalized spacial score (nSPS) is 17.0. The summed E-state index contributed by atoms with van der Waals surface area (Å²) in [7, 11) is 2.26. The van der Waals surface area contributed by atoms with Gasteiger partial charge < -0.3 is 9.80 Å². The molecule has 0 bridgehead atoms. The summed E-state index contributed by atoms with van der Waals surface area (Å²) >= 11 is 0. The number of likely N-dealkylation sites (N-methyl/N-ethyl adjacent to an activating group) is 1. The lowest BCUT2D eigenvalue weighted by atomic mass is 9.97. The zero-order valence-electron chi connectivity index (χ0n) is 19.6. The molecule has 3 aromatic carbocycles. The fourth-order valence-electron chi connectivity index (χ4n) is 5.21. The van der Waals surface area contributed by atoms with E-state index < -0.39 is 0 Å². The Morgan fingerprint density at radius 1 is 0.848 bits per heavy atom. The highest BCUT2D eigenvalue weighted by Crippen LogP contribution is 2.27. The molecule has 0 aromatic heterocycles.